The molecule has 1 saturated carbocycles. The lowest BCUT2D eigenvalue weighted by Gasteiger charge is -2.34. The zero-order valence-electron chi connectivity index (χ0n) is 9.84. The second-order valence-electron chi connectivity index (χ2n) is 4.73. The highest BCUT2D eigenvalue weighted by atomic mass is 16.3. The summed E-state index contributed by atoms with van der Waals surface area (Å²) in [5, 5.41) is 10.4. The number of aromatic nitrogens is 2. The van der Waals surface area contributed by atoms with E-state index in [0.717, 1.165) is 18.4 Å². The maximum absolute atomic E-state index is 10.4. The van der Waals surface area contributed by atoms with Crippen LogP contribution in [0.4, 0.5) is 0 Å². The lowest BCUT2D eigenvalue weighted by atomic mass is 9.74. The molecule has 1 fully saturated rings. The van der Waals surface area contributed by atoms with Gasteiger partial charge in [-0.1, -0.05) is 32.6 Å². The van der Waals surface area contributed by atoms with Crippen LogP contribution < -0.4 is 0 Å². The van der Waals surface area contributed by atoms with Crippen LogP contribution >= 0.6 is 0 Å². The minimum atomic E-state index is -0.383. The molecule has 0 aliphatic heterocycles. The van der Waals surface area contributed by atoms with Gasteiger partial charge in [-0.2, -0.15) is 0 Å². The summed E-state index contributed by atoms with van der Waals surface area (Å²) in [6.07, 6.45) is 10.7. The van der Waals surface area contributed by atoms with Crippen LogP contribution in [0, 0.1) is 11.8 Å². The van der Waals surface area contributed by atoms with Gasteiger partial charge in [-0.15, -0.1) is 0 Å². The number of hydrogen-bond donors (Lipinski definition) is 1. The minimum absolute atomic E-state index is 0.383. The van der Waals surface area contributed by atoms with Crippen molar-refractivity contribution in [2.45, 2.75) is 45.1 Å². The summed E-state index contributed by atoms with van der Waals surface area (Å²) in [5.74, 6) is 1.05. The molecule has 3 unspecified atom stereocenters. The highest BCUT2D eigenvalue weighted by Crippen LogP contribution is 2.39. The third kappa shape index (κ3) is 2.40. The molecule has 1 aromatic rings. The van der Waals surface area contributed by atoms with Crippen molar-refractivity contribution in [3.05, 3.63) is 24.3 Å². The average molecular weight is 220 g/mol. The number of hydrogen-bond acceptors (Lipinski definition) is 3. The van der Waals surface area contributed by atoms with E-state index < -0.39 is 0 Å². The van der Waals surface area contributed by atoms with Gasteiger partial charge < -0.3 is 5.11 Å². The Hall–Kier alpha value is -0.960. The van der Waals surface area contributed by atoms with Crippen molar-refractivity contribution in [1.82, 2.24) is 9.97 Å². The van der Waals surface area contributed by atoms with Gasteiger partial charge in [0.05, 0.1) is 6.10 Å². The van der Waals surface area contributed by atoms with Gasteiger partial charge in [0.25, 0.3) is 0 Å². The van der Waals surface area contributed by atoms with Crippen LogP contribution in [0.2, 0.25) is 0 Å². The van der Waals surface area contributed by atoms with Crippen molar-refractivity contribution in [2.75, 3.05) is 0 Å². The first-order valence-corrected chi connectivity index (χ1v) is 6.26. The summed E-state index contributed by atoms with van der Waals surface area (Å²) in [6, 6.07) is 0. The second-order valence-corrected chi connectivity index (χ2v) is 4.73. The fourth-order valence-electron chi connectivity index (χ4n) is 2.87. The summed E-state index contributed by atoms with van der Waals surface area (Å²) < 4.78 is 0. The maximum atomic E-state index is 10.4. The molecule has 1 aromatic heterocycles. The summed E-state index contributed by atoms with van der Waals surface area (Å²) in [7, 11) is 0. The summed E-state index contributed by atoms with van der Waals surface area (Å²) in [6.45, 7) is 2.22. The van der Waals surface area contributed by atoms with Crippen molar-refractivity contribution < 1.29 is 5.11 Å². The first-order valence-electron chi connectivity index (χ1n) is 6.26. The van der Waals surface area contributed by atoms with Crippen LogP contribution in [-0.4, -0.2) is 15.1 Å². The first kappa shape index (κ1) is 11.5. The van der Waals surface area contributed by atoms with Gasteiger partial charge in [0, 0.05) is 18.0 Å². The van der Waals surface area contributed by atoms with Crippen molar-refractivity contribution in [2.24, 2.45) is 11.8 Å². The number of aliphatic hydroxyl groups excluding tert-OH is 1. The maximum Gasteiger partial charge on any atom is 0.115 e. The Bertz CT molecular complexity index is 315. The molecule has 1 aliphatic rings. The predicted molar refractivity (Wildman–Crippen MR) is 62.7 cm³/mol. The fourth-order valence-corrected chi connectivity index (χ4v) is 2.87. The zero-order valence-corrected chi connectivity index (χ0v) is 9.84. The van der Waals surface area contributed by atoms with Crippen molar-refractivity contribution >= 4 is 0 Å². The van der Waals surface area contributed by atoms with Crippen molar-refractivity contribution in [3.8, 4) is 0 Å². The Morgan fingerprint density at radius 1 is 1.31 bits per heavy atom. The molecule has 1 heterocycles. The van der Waals surface area contributed by atoms with Crippen LogP contribution in [-0.2, 0) is 0 Å². The fraction of sp³-hybridized carbons (Fsp3) is 0.692. The second kappa shape index (κ2) is 5.39. The Kier molecular flexibility index (Phi) is 3.88. The summed E-state index contributed by atoms with van der Waals surface area (Å²) in [4.78, 5) is 7.96. The molecule has 0 saturated heterocycles. The minimum Gasteiger partial charge on any atom is -0.388 e. The largest absolute Gasteiger partial charge is 0.388 e. The van der Waals surface area contributed by atoms with E-state index in [1.807, 2.05) is 0 Å². The molecule has 88 valence electrons. The third-order valence-corrected chi connectivity index (χ3v) is 3.82. The summed E-state index contributed by atoms with van der Waals surface area (Å²) in [5.41, 5.74) is 0.868. The molecule has 0 bridgehead atoms. The third-order valence-electron chi connectivity index (χ3n) is 3.82. The SMILES string of the molecule is CCC1CCCCC1C(O)c1cncnc1. The van der Waals surface area contributed by atoms with Crippen molar-refractivity contribution in [1.29, 1.82) is 0 Å². The molecule has 1 aliphatic carbocycles. The Balaban J connectivity index is 2.10. The Morgan fingerprint density at radius 3 is 2.69 bits per heavy atom. The number of aliphatic hydroxyl groups is 1. The van der Waals surface area contributed by atoms with E-state index in [0.29, 0.717) is 11.8 Å². The van der Waals surface area contributed by atoms with Crippen LogP contribution in [0.25, 0.3) is 0 Å². The van der Waals surface area contributed by atoms with Gasteiger partial charge in [-0.25, -0.2) is 9.97 Å². The predicted octanol–water partition coefficient (Wildman–Crippen LogP) is 2.73. The lowest BCUT2D eigenvalue weighted by Crippen LogP contribution is -2.25. The van der Waals surface area contributed by atoms with Gasteiger partial charge in [0.1, 0.15) is 6.33 Å². The lowest BCUT2D eigenvalue weighted by molar-refractivity contribution is 0.0447. The van der Waals surface area contributed by atoms with E-state index in [1.54, 1.807) is 12.4 Å². The van der Waals surface area contributed by atoms with E-state index >= 15 is 0 Å². The quantitative estimate of drug-likeness (QED) is 0.852. The highest BCUT2D eigenvalue weighted by Gasteiger charge is 2.30. The topological polar surface area (TPSA) is 46.0 Å². The van der Waals surface area contributed by atoms with Gasteiger partial charge in [0.15, 0.2) is 0 Å². The van der Waals surface area contributed by atoms with Crippen LogP contribution in [0.3, 0.4) is 0 Å². The van der Waals surface area contributed by atoms with Crippen LogP contribution in [0.1, 0.15) is 50.7 Å². The van der Waals surface area contributed by atoms with E-state index in [2.05, 4.69) is 16.9 Å². The molecule has 0 spiro atoms. The molecule has 1 N–H and O–H groups in total. The highest BCUT2D eigenvalue weighted by molar-refractivity contribution is 5.08. The van der Waals surface area contributed by atoms with Crippen LogP contribution in [0.15, 0.2) is 18.7 Å². The molecular weight excluding hydrogens is 200 g/mol. The molecular formula is C13H20N2O. The van der Waals surface area contributed by atoms with Gasteiger partial charge in [0.2, 0.25) is 0 Å². The molecule has 2 rings (SSSR count). The first-order chi connectivity index (χ1) is 7.83. The van der Waals surface area contributed by atoms with Gasteiger partial charge in [-0.3, -0.25) is 0 Å². The van der Waals surface area contributed by atoms with Crippen molar-refractivity contribution in [3.63, 3.8) is 0 Å². The van der Waals surface area contributed by atoms with E-state index in [1.165, 1.54) is 25.6 Å². The molecule has 0 amide bonds. The Labute approximate surface area is 96.9 Å². The van der Waals surface area contributed by atoms with E-state index in [-0.39, 0.29) is 6.10 Å². The van der Waals surface area contributed by atoms with Gasteiger partial charge >= 0.3 is 0 Å². The number of rotatable bonds is 3. The summed E-state index contributed by atoms with van der Waals surface area (Å²) >= 11 is 0. The van der Waals surface area contributed by atoms with Gasteiger partial charge in [-0.05, 0) is 18.3 Å². The number of nitrogens with zero attached hydrogens (tertiary/aromatic N) is 2. The molecule has 3 heteroatoms. The molecule has 16 heavy (non-hydrogen) atoms. The zero-order chi connectivity index (χ0) is 11.4. The standard InChI is InChI=1S/C13H20N2O/c1-2-10-5-3-4-6-12(10)13(16)11-7-14-9-15-8-11/h7-10,12-13,16H,2-6H2,1H3. The normalized spacial score (nSPS) is 27.6. The average Bonchev–Trinajstić information content (AvgIpc) is 2.39. The van der Waals surface area contributed by atoms with Crippen LogP contribution in [0.5, 0.6) is 0 Å². The molecule has 3 nitrogen and oxygen atoms in total. The Morgan fingerprint density at radius 2 is 2.00 bits per heavy atom. The molecule has 3 atom stereocenters. The smallest absolute Gasteiger partial charge is 0.115 e. The molecule has 0 aromatic carbocycles. The van der Waals surface area contributed by atoms with E-state index in [9.17, 15) is 5.11 Å². The van der Waals surface area contributed by atoms with E-state index in [4.69, 9.17) is 0 Å². The monoisotopic (exact) mass is 220 g/mol. The molecule has 0 radical (unpaired) electrons.